The molecule has 1 amide bonds. The summed E-state index contributed by atoms with van der Waals surface area (Å²) in [5.74, 6) is 0.979. The number of benzene rings is 1. The van der Waals surface area contributed by atoms with E-state index in [1.807, 2.05) is 26.8 Å². The Labute approximate surface area is 137 Å². The van der Waals surface area contributed by atoms with Crippen LogP contribution in [-0.2, 0) is 17.6 Å². The number of hydrogen-bond acceptors (Lipinski definition) is 4. The molecule has 1 aromatic carbocycles. The van der Waals surface area contributed by atoms with Crippen LogP contribution in [0.15, 0.2) is 18.2 Å². The third-order valence-corrected chi connectivity index (χ3v) is 4.25. The number of carbonyl (C=O) groups is 1. The van der Waals surface area contributed by atoms with Gasteiger partial charge < -0.3 is 19.5 Å². The van der Waals surface area contributed by atoms with E-state index in [9.17, 15) is 9.90 Å². The van der Waals surface area contributed by atoms with E-state index in [4.69, 9.17) is 9.47 Å². The lowest BCUT2D eigenvalue weighted by atomic mass is 9.87. The van der Waals surface area contributed by atoms with E-state index in [2.05, 4.69) is 12.1 Å². The average Bonchev–Trinajstić information content (AvgIpc) is 2.87. The van der Waals surface area contributed by atoms with Crippen LogP contribution in [-0.4, -0.2) is 47.0 Å². The largest absolute Gasteiger partial charge is 0.493 e. The van der Waals surface area contributed by atoms with E-state index in [0.717, 1.165) is 25.2 Å². The number of likely N-dealkylation sites (tertiary alicyclic amines) is 1. The second-order valence-electron chi connectivity index (χ2n) is 7.60. The van der Waals surface area contributed by atoms with Crippen molar-refractivity contribution < 1.29 is 19.4 Å². The number of aryl methyl sites for hydroxylation is 1. The smallest absolute Gasteiger partial charge is 0.410 e. The Hall–Kier alpha value is -1.75. The third-order valence-electron chi connectivity index (χ3n) is 4.25. The summed E-state index contributed by atoms with van der Waals surface area (Å²) >= 11 is 0. The Kier molecular flexibility index (Phi) is 4.00. The molecule has 2 heterocycles. The fourth-order valence-electron chi connectivity index (χ4n) is 3.05. The number of aliphatic hydroxyl groups is 1. The fourth-order valence-corrected chi connectivity index (χ4v) is 3.05. The molecule has 0 atom stereocenters. The average molecular weight is 319 g/mol. The van der Waals surface area contributed by atoms with E-state index in [-0.39, 0.29) is 6.09 Å². The molecule has 1 fully saturated rings. The van der Waals surface area contributed by atoms with Gasteiger partial charge in [-0.05, 0) is 50.8 Å². The summed E-state index contributed by atoms with van der Waals surface area (Å²) in [6, 6.07) is 6.23. The molecule has 2 aliphatic heterocycles. The van der Waals surface area contributed by atoms with Crippen LogP contribution in [0.1, 0.15) is 38.3 Å². The number of carbonyl (C=O) groups excluding carboxylic acids is 1. The van der Waals surface area contributed by atoms with Gasteiger partial charge in [0.05, 0.1) is 19.7 Å². The first-order chi connectivity index (χ1) is 10.7. The Bertz CT molecular complexity index is 600. The SMILES string of the molecule is CC(C)(C)OC(=O)N1CC(O)(CCc2ccc3c(c2)CCO3)C1. The van der Waals surface area contributed by atoms with Crippen LogP contribution in [0, 0.1) is 0 Å². The van der Waals surface area contributed by atoms with Crippen LogP contribution in [0.2, 0.25) is 0 Å². The molecule has 0 radical (unpaired) electrons. The summed E-state index contributed by atoms with van der Waals surface area (Å²) in [6.07, 6.45) is 2.05. The summed E-state index contributed by atoms with van der Waals surface area (Å²) in [7, 11) is 0. The molecular weight excluding hydrogens is 294 g/mol. The minimum Gasteiger partial charge on any atom is -0.493 e. The van der Waals surface area contributed by atoms with Crippen LogP contribution in [0.3, 0.4) is 0 Å². The van der Waals surface area contributed by atoms with Crippen molar-refractivity contribution in [2.24, 2.45) is 0 Å². The highest BCUT2D eigenvalue weighted by molar-refractivity contribution is 5.69. The predicted octanol–water partition coefficient (Wildman–Crippen LogP) is 2.54. The number of amides is 1. The van der Waals surface area contributed by atoms with Gasteiger partial charge in [-0.3, -0.25) is 0 Å². The molecule has 0 aromatic heterocycles. The van der Waals surface area contributed by atoms with E-state index in [1.165, 1.54) is 11.1 Å². The normalized spacial score (nSPS) is 18.9. The van der Waals surface area contributed by atoms with Gasteiger partial charge in [0.2, 0.25) is 0 Å². The van der Waals surface area contributed by atoms with Crippen molar-refractivity contribution >= 4 is 6.09 Å². The van der Waals surface area contributed by atoms with E-state index in [1.54, 1.807) is 4.90 Å². The lowest BCUT2D eigenvalue weighted by molar-refractivity contribution is -0.102. The first-order valence-electron chi connectivity index (χ1n) is 8.19. The predicted molar refractivity (Wildman–Crippen MR) is 86.7 cm³/mol. The van der Waals surface area contributed by atoms with Gasteiger partial charge in [0.25, 0.3) is 0 Å². The van der Waals surface area contributed by atoms with Crippen molar-refractivity contribution in [3.8, 4) is 5.75 Å². The molecule has 1 aromatic rings. The van der Waals surface area contributed by atoms with Crippen LogP contribution in [0.5, 0.6) is 5.75 Å². The second kappa shape index (κ2) is 5.71. The lowest BCUT2D eigenvalue weighted by Crippen LogP contribution is -2.64. The molecule has 0 bridgehead atoms. The highest BCUT2D eigenvalue weighted by Crippen LogP contribution is 2.30. The second-order valence-corrected chi connectivity index (χ2v) is 7.60. The number of nitrogens with zero attached hydrogens (tertiary/aromatic N) is 1. The van der Waals surface area contributed by atoms with E-state index in [0.29, 0.717) is 19.5 Å². The van der Waals surface area contributed by atoms with E-state index < -0.39 is 11.2 Å². The topological polar surface area (TPSA) is 59.0 Å². The highest BCUT2D eigenvalue weighted by atomic mass is 16.6. The van der Waals surface area contributed by atoms with Gasteiger partial charge in [-0.2, -0.15) is 0 Å². The first kappa shape index (κ1) is 16.1. The number of fused-ring (bicyclic) bond motifs is 1. The first-order valence-corrected chi connectivity index (χ1v) is 8.19. The molecule has 0 unspecified atom stereocenters. The van der Waals surface area contributed by atoms with Crippen molar-refractivity contribution in [1.82, 2.24) is 4.90 Å². The van der Waals surface area contributed by atoms with Crippen LogP contribution >= 0.6 is 0 Å². The Morgan fingerprint density at radius 3 is 2.83 bits per heavy atom. The molecular formula is C18H25NO4. The van der Waals surface area contributed by atoms with Crippen molar-refractivity contribution in [3.05, 3.63) is 29.3 Å². The monoisotopic (exact) mass is 319 g/mol. The van der Waals surface area contributed by atoms with Gasteiger partial charge in [-0.25, -0.2) is 4.79 Å². The molecule has 23 heavy (non-hydrogen) atoms. The summed E-state index contributed by atoms with van der Waals surface area (Å²) in [4.78, 5) is 13.5. The zero-order chi connectivity index (χ0) is 16.7. The van der Waals surface area contributed by atoms with Crippen molar-refractivity contribution in [3.63, 3.8) is 0 Å². The van der Waals surface area contributed by atoms with Gasteiger partial charge >= 0.3 is 6.09 Å². The van der Waals surface area contributed by atoms with Crippen molar-refractivity contribution in [2.45, 2.75) is 51.2 Å². The quantitative estimate of drug-likeness (QED) is 0.930. The highest BCUT2D eigenvalue weighted by Gasteiger charge is 2.44. The zero-order valence-corrected chi connectivity index (χ0v) is 14.1. The van der Waals surface area contributed by atoms with Crippen molar-refractivity contribution in [1.29, 1.82) is 0 Å². The third kappa shape index (κ3) is 3.78. The van der Waals surface area contributed by atoms with Gasteiger partial charge in [0, 0.05) is 6.42 Å². The Morgan fingerprint density at radius 1 is 1.39 bits per heavy atom. The molecule has 1 saturated heterocycles. The molecule has 126 valence electrons. The number of rotatable bonds is 3. The summed E-state index contributed by atoms with van der Waals surface area (Å²) in [5, 5.41) is 10.5. The van der Waals surface area contributed by atoms with Crippen LogP contribution in [0.4, 0.5) is 4.79 Å². The summed E-state index contributed by atoms with van der Waals surface area (Å²) in [6.45, 7) is 6.97. The number of hydrogen-bond donors (Lipinski definition) is 1. The minimum atomic E-state index is -0.799. The fraction of sp³-hybridized carbons (Fsp3) is 0.611. The maximum Gasteiger partial charge on any atom is 0.410 e. The molecule has 1 N–H and O–H groups in total. The molecule has 5 nitrogen and oxygen atoms in total. The van der Waals surface area contributed by atoms with Crippen molar-refractivity contribution in [2.75, 3.05) is 19.7 Å². The molecule has 3 rings (SSSR count). The molecule has 0 spiro atoms. The molecule has 0 saturated carbocycles. The number of ether oxygens (including phenoxy) is 2. The van der Waals surface area contributed by atoms with Gasteiger partial charge in [-0.15, -0.1) is 0 Å². The lowest BCUT2D eigenvalue weighted by Gasteiger charge is -2.46. The summed E-state index contributed by atoms with van der Waals surface area (Å²) in [5.41, 5.74) is 1.15. The van der Waals surface area contributed by atoms with Crippen LogP contribution < -0.4 is 4.74 Å². The maximum absolute atomic E-state index is 11.9. The molecule has 5 heteroatoms. The molecule has 2 aliphatic rings. The Balaban J connectivity index is 1.49. The zero-order valence-electron chi connectivity index (χ0n) is 14.1. The standard InChI is InChI=1S/C18H25NO4/c1-17(2,3)23-16(20)19-11-18(21,12-19)8-6-13-4-5-15-14(10-13)7-9-22-15/h4-5,10,21H,6-9,11-12H2,1-3H3. The summed E-state index contributed by atoms with van der Waals surface area (Å²) < 4.78 is 10.8. The Morgan fingerprint density at radius 2 is 2.13 bits per heavy atom. The minimum absolute atomic E-state index is 0.343. The van der Waals surface area contributed by atoms with E-state index >= 15 is 0 Å². The van der Waals surface area contributed by atoms with Gasteiger partial charge in [0.15, 0.2) is 0 Å². The van der Waals surface area contributed by atoms with Gasteiger partial charge in [-0.1, -0.05) is 12.1 Å². The number of β-amino-alcohol motifs (C(OH)–C–C–N with tert-alkyl or cyclic N) is 1. The molecule has 0 aliphatic carbocycles. The van der Waals surface area contributed by atoms with Crippen LogP contribution in [0.25, 0.3) is 0 Å². The van der Waals surface area contributed by atoms with Gasteiger partial charge in [0.1, 0.15) is 17.0 Å². The maximum atomic E-state index is 11.9.